The van der Waals surface area contributed by atoms with Gasteiger partial charge in [-0.25, -0.2) is 0 Å². The predicted octanol–water partition coefficient (Wildman–Crippen LogP) is 3.23. The summed E-state index contributed by atoms with van der Waals surface area (Å²) in [5.41, 5.74) is 3.16. The van der Waals surface area contributed by atoms with Crippen molar-refractivity contribution in [1.82, 2.24) is 4.98 Å². The van der Waals surface area contributed by atoms with Crippen molar-refractivity contribution in [2.75, 3.05) is 24.3 Å². The molecule has 0 saturated carbocycles. The van der Waals surface area contributed by atoms with E-state index in [1.165, 1.54) is 0 Å². The molecule has 19 heavy (non-hydrogen) atoms. The van der Waals surface area contributed by atoms with Crippen LogP contribution in [0.4, 0.5) is 11.4 Å². The lowest BCUT2D eigenvalue weighted by Crippen LogP contribution is -2.12. The average Bonchev–Trinajstić information content (AvgIpc) is 2.40. The molecule has 0 aliphatic carbocycles. The summed E-state index contributed by atoms with van der Waals surface area (Å²) in [4.78, 5) is 6.17. The van der Waals surface area contributed by atoms with E-state index in [1.54, 1.807) is 12.3 Å². The number of halogens is 1. The Labute approximate surface area is 121 Å². The zero-order valence-electron chi connectivity index (χ0n) is 10.9. The van der Waals surface area contributed by atoms with Crippen LogP contribution in [-0.2, 0) is 6.54 Å². The monoisotopic (exact) mass is 321 g/mol. The molecule has 2 rings (SSSR count). The van der Waals surface area contributed by atoms with Crippen LogP contribution in [0.5, 0.6) is 5.75 Å². The Hall–Kier alpha value is -1.75. The second-order valence-corrected chi connectivity index (χ2v) is 5.28. The third-order valence-corrected chi connectivity index (χ3v) is 3.41. The van der Waals surface area contributed by atoms with Crippen molar-refractivity contribution in [3.8, 4) is 5.75 Å². The molecule has 0 aliphatic heterocycles. The van der Waals surface area contributed by atoms with Gasteiger partial charge in [-0.15, -0.1) is 0 Å². The number of aromatic nitrogens is 1. The van der Waals surface area contributed by atoms with Gasteiger partial charge in [-0.05, 0) is 39.7 Å². The molecule has 2 aromatic rings. The Morgan fingerprint density at radius 3 is 2.79 bits per heavy atom. The number of hydrogen-bond acceptors (Lipinski definition) is 4. The van der Waals surface area contributed by atoms with Gasteiger partial charge in [-0.3, -0.25) is 4.98 Å². The van der Waals surface area contributed by atoms with Crippen molar-refractivity contribution < 1.29 is 5.11 Å². The van der Waals surface area contributed by atoms with Gasteiger partial charge in [-0.1, -0.05) is 6.07 Å². The van der Waals surface area contributed by atoms with Crippen LogP contribution in [0.15, 0.2) is 41.1 Å². The number of phenolic OH excluding ortho intramolecular Hbond substituents is 1. The number of pyridine rings is 1. The van der Waals surface area contributed by atoms with Crippen LogP contribution in [0, 0.1) is 0 Å². The Morgan fingerprint density at radius 2 is 2.11 bits per heavy atom. The first kappa shape index (κ1) is 13.7. The molecule has 0 amide bonds. The second kappa shape index (κ2) is 5.93. The number of rotatable bonds is 4. The summed E-state index contributed by atoms with van der Waals surface area (Å²) in [6, 6.07) is 7.43. The van der Waals surface area contributed by atoms with E-state index in [4.69, 9.17) is 0 Å². The molecule has 0 spiro atoms. The third kappa shape index (κ3) is 3.38. The largest absolute Gasteiger partial charge is 0.507 e. The number of nitrogens with zero attached hydrogens (tertiary/aromatic N) is 2. The van der Waals surface area contributed by atoms with E-state index >= 15 is 0 Å². The van der Waals surface area contributed by atoms with E-state index in [1.807, 2.05) is 43.4 Å². The van der Waals surface area contributed by atoms with Crippen molar-refractivity contribution in [2.45, 2.75) is 6.54 Å². The Balaban J connectivity index is 2.12. The van der Waals surface area contributed by atoms with Gasteiger partial charge in [0.2, 0.25) is 0 Å². The van der Waals surface area contributed by atoms with Crippen LogP contribution in [0.2, 0.25) is 0 Å². The molecule has 0 radical (unpaired) electrons. The highest BCUT2D eigenvalue weighted by molar-refractivity contribution is 9.10. The molecule has 2 N–H and O–H groups in total. The van der Waals surface area contributed by atoms with Crippen LogP contribution >= 0.6 is 15.9 Å². The lowest BCUT2D eigenvalue weighted by atomic mass is 10.2. The van der Waals surface area contributed by atoms with Crippen LogP contribution in [-0.4, -0.2) is 24.2 Å². The molecule has 0 bridgehead atoms. The van der Waals surface area contributed by atoms with Crippen LogP contribution < -0.4 is 10.2 Å². The minimum absolute atomic E-state index is 0.249. The highest BCUT2D eigenvalue weighted by Gasteiger charge is 2.04. The maximum Gasteiger partial charge on any atom is 0.129 e. The summed E-state index contributed by atoms with van der Waals surface area (Å²) in [5.74, 6) is 0.249. The molecule has 1 aromatic carbocycles. The standard InChI is InChI=1S/C14H16BrN3O/c1-18(2)13-5-6-16-9-12(13)17-8-10-3-4-14(19)11(15)7-10/h3-7,9,17,19H,8H2,1-2H3. The summed E-state index contributed by atoms with van der Waals surface area (Å²) >= 11 is 3.31. The van der Waals surface area contributed by atoms with Crippen LogP contribution in [0.1, 0.15) is 5.56 Å². The maximum atomic E-state index is 9.46. The van der Waals surface area contributed by atoms with Crippen LogP contribution in [0.3, 0.4) is 0 Å². The molecule has 1 aromatic heterocycles. The molecule has 0 fully saturated rings. The van der Waals surface area contributed by atoms with E-state index < -0.39 is 0 Å². The highest BCUT2D eigenvalue weighted by Crippen LogP contribution is 2.26. The minimum atomic E-state index is 0.249. The molecule has 100 valence electrons. The first-order valence-corrected chi connectivity index (χ1v) is 6.70. The smallest absolute Gasteiger partial charge is 0.129 e. The van der Waals surface area contributed by atoms with E-state index in [-0.39, 0.29) is 5.75 Å². The zero-order valence-corrected chi connectivity index (χ0v) is 12.5. The first-order chi connectivity index (χ1) is 9.08. The summed E-state index contributed by atoms with van der Waals surface area (Å²) in [5, 5.41) is 12.8. The summed E-state index contributed by atoms with van der Waals surface area (Å²) < 4.78 is 0.700. The molecular weight excluding hydrogens is 306 g/mol. The van der Waals surface area contributed by atoms with Gasteiger partial charge in [0.05, 0.1) is 22.0 Å². The summed E-state index contributed by atoms with van der Waals surface area (Å²) in [6.45, 7) is 0.672. The topological polar surface area (TPSA) is 48.4 Å². The number of aromatic hydroxyl groups is 1. The second-order valence-electron chi connectivity index (χ2n) is 4.43. The lowest BCUT2D eigenvalue weighted by molar-refractivity contribution is 0.471. The number of hydrogen-bond donors (Lipinski definition) is 2. The summed E-state index contributed by atoms with van der Waals surface area (Å²) in [7, 11) is 4.00. The maximum absolute atomic E-state index is 9.46. The quantitative estimate of drug-likeness (QED) is 0.907. The van der Waals surface area contributed by atoms with E-state index in [2.05, 4.69) is 26.2 Å². The van der Waals surface area contributed by atoms with Gasteiger partial charge in [0, 0.05) is 26.8 Å². The molecular formula is C14H16BrN3O. The fourth-order valence-electron chi connectivity index (χ4n) is 1.77. The van der Waals surface area contributed by atoms with Gasteiger partial charge in [0.25, 0.3) is 0 Å². The number of nitrogens with one attached hydrogen (secondary N) is 1. The van der Waals surface area contributed by atoms with Gasteiger partial charge >= 0.3 is 0 Å². The molecule has 0 aliphatic rings. The molecule has 0 atom stereocenters. The van der Waals surface area contributed by atoms with Gasteiger partial charge in [-0.2, -0.15) is 0 Å². The fraction of sp³-hybridized carbons (Fsp3) is 0.214. The molecule has 1 heterocycles. The average molecular weight is 322 g/mol. The fourth-order valence-corrected chi connectivity index (χ4v) is 2.20. The number of anilines is 2. The van der Waals surface area contributed by atoms with E-state index in [9.17, 15) is 5.11 Å². The Kier molecular flexibility index (Phi) is 4.27. The van der Waals surface area contributed by atoms with Crippen molar-refractivity contribution in [3.05, 3.63) is 46.7 Å². The van der Waals surface area contributed by atoms with E-state index in [0.29, 0.717) is 11.0 Å². The lowest BCUT2D eigenvalue weighted by Gasteiger charge is -2.18. The van der Waals surface area contributed by atoms with Gasteiger partial charge in [0.15, 0.2) is 0 Å². The number of phenols is 1. The zero-order chi connectivity index (χ0) is 13.8. The normalized spacial score (nSPS) is 10.3. The highest BCUT2D eigenvalue weighted by atomic mass is 79.9. The molecule has 0 saturated heterocycles. The van der Waals surface area contributed by atoms with Crippen molar-refractivity contribution >= 4 is 27.3 Å². The van der Waals surface area contributed by atoms with Crippen LogP contribution in [0.25, 0.3) is 0 Å². The van der Waals surface area contributed by atoms with Crippen molar-refractivity contribution in [3.63, 3.8) is 0 Å². The third-order valence-electron chi connectivity index (χ3n) is 2.77. The first-order valence-electron chi connectivity index (χ1n) is 5.90. The number of benzene rings is 1. The Bertz CT molecular complexity index is 572. The SMILES string of the molecule is CN(C)c1ccncc1NCc1ccc(O)c(Br)c1. The molecule has 0 unspecified atom stereocenters. The predicted molar refractivity (Wildman–Crippen MR) is 81.7 cm³/mol. The molecule has 4 nitrogen and oxygen atoms in total. The Morgan fingerprint density at radius 1 is 1.32 bits per heavy atom. The molecule has 5 heteroatoms. The van der Waals surface area contributed by atoms with Crippen molar-refractivity contribution in [2.24, 2.45) is 0 Å². The van der Waals surface area contributed by atoms with Gasteiger partial charge < -0.3 is 15.3 Å². The van der Waals surface area contributed by atoms with Crippen molar-refractivity contribution in [1.29, 1.82) is 0 Å². The summed E-state index contributed by atoms with van der Waals surface area (Å²) in [6.07, 6.45) is 3.59. The van der Waals surface area contributed by atoms with Gasteiger partial charge in [0.1, 0.15) is 5.75 Å². The minimum Gasteiger partial charge on any atom is -0.507 e. The van der Waals surface area contributed by atoms with E-state index in [0.717, 1.165) is 16.9 Å².